The van der Waals surface area contributed by atoms with Crippen molar-refractivity contribution in [3.63, 3.8) is 0 Å². The molecule has 15 heavy (non-hydrogen) atoms. The van der Waals surface area contributed by atoms with E-state index in [9.17, 15) is 9.59 Å². The second-order valence-corrected chi connectivity index (χ2v) is 3.64. The van der Waals surface area contributed by atoms with Crippen molar-refractivity contribution in [2.24, 2.45) is 0 Å². The van der Waals surface area contributed by atoms with Crippen molar-refractivity contribution in [2.45, 2.75) is 32.2 Å². The Labute approximate surface area is 90.0 Å². The van der Waals surface area contributed by atoms with E-state index in [1.807, 2.05) is 6.92 Å². The average Bonchev–Trinajstić information content (AvgIpc) is 2.70. The molecule has 1 rings (SSSR count). The predicted molar refractivity (Wildman–Crippen MR) is 57.3 cm³/mol. The van der Waals surface area contributed by atoms with Crippen LogP contribution >= 0.6 is 0 Å². The lowest BCUT2D eigenvalue weighted by Crippen LogP contribution is -2.41. The van der Waals surface area contributed by atoms with Gasteiger partial charge in [-0.05, 0) is 26.3 Å². The Kier molecular flexibility index (Phi) is 5.10. The van der Waals surface area contributed by atoms with E-state index in [0.29, 0.717) is 19.5 Å². The lowest BCUT2D eigenvalue weighted by atomic mass is 10.2. The van der Waals surface area contributed by atoms with Crippen molar-refractivity contribution in [1.82, 2.24) is 16.0 Å². The molecule has 0 aromatic carbocycles. The molecule has 1 saturated heterocycles. The second-order valence-electron chi connectivity index (χ2n) is 3.64. The summed E-state index contributed by atoms with van der Waals surface area (Å²) in [5.41, 5.74) is 0. The van der Waals surface area contributed by atoms with Crippen LogP contribution in [0.1, 0.15) is 26.2 Å². The third kappa shape index (κ3) is 4.29. The van der Waals surface area contributed by atoms with Crippen molar-refractivity contribution in [3.8, 4) is 0 Å². The number of hydrogen-bond donors (Lipinski definition) is 3. The molecule has 1 atom stereocenters. The highest BCUT2D eigenvalue weighted by molar-refractivity contribution is 5.83. The van der Waals surface area contributed by atoms with E-state index in [1.165, 1.54) is 0 Å². The summed E-state index contributed by atoms with van der Waals surface area (Å²) < 4.78 is 0. The SMILES string of the molecule is CCNC(=O)CCNC(=O)[C@@H]1CCCN1. The molecule has 86 valence electrons. The maximum atomic E-state index is 11.5. The van der Waals surface area contributed by atoms with Crippen LogP contribution in [0.5, 0.6) is 0 Å². The summed E-state index contributed by atoms with van der Waals surface area (Å²) in [4.78, 5) is 22.5. The third-order valence-corrected chi connectivity index (χ3v) is 2.40. The van der Waals surface area contributed by atoms with Gasteiger partial charge < -0.3 is 16.0 Å². The number of nitrogens with one attached hydrogen (secondary N) is 3. The molecule has 0 aromatic rings. The lowest BCUT2D eigenvalue weighted by molar-refractivity contribution is -0.123. The fourth-order valence-electron chi connectivity index (χ4n) is 1.62. The second kappa shape index (κ2) is 6.40. The molecule has 1 aliphatic rings. The molecule has 1 aliphatic heterocycles. The van der Waals surface area contributed by atoms with Gasteiger partial charge in [-0.15, -0.1) is 0 Å². The van der Waals surface area contributed by atoms with E-state index in [2.05, 4.69) is 16.0 Å². The van der Waals surface area contributed by atoms with E-state index >= 15 is 0 Å². The lowest BCUT2D eigenvalue weighted by Gasteiger charge is -2.10. The highest BCUT2D eigenvalue weighted by Gasteiger charge is 2.21. The monoisotopic (exact) mass is 213 g/mol. The Balaban J connectivity index is 2.08. The molecule has 1 heterocycles. The Morgan fingerprint density at radius 2 is 2.20 bits per heavy atom. The topological polar surface area (TPSA) is 70.2 Å². The molecule has 5 nitrogen and oxygen atoms in total. The minimum atomic E-state index is -0.0563. The van der Waals surface area contributed by atoms with Crippen LogP contribution < -0.4 is 16.0 Å². The van der Waals surface area contributed by atoms with Gasteiger partial charge in [0.2, 0.25) is 11.8 Å². The normalized spacial score (nSPS) is 19.9. The van der Waals surface area contributed by atoms with E-state index in [0.717, 1.165) is 19.4 Å². The molecular formula is C10H19N3O2. The van der Waals surface area contributed by atoms with Crippen molar-refractivity contribution in [1.29, 1.82) is 0 Å². The van der Waals surface area contributed by atoms with E-state index in [1.54, 1.807) is 0 Å². The molecule has 0 saturated carbocycles. The Morgan fingerprint density at radius 3 is 2.80 bits per heavy atom. The number of amides is 2. The van der Waals surface area contributed by atoms with E-state index in [-0.39, 0.29) is 17.9 Å². The van der Waals surface area contributed by atoms with Crippen LogP contribution in [0.4, 0.5) is 0 Å². The summed E-state index contributed by atoms with van der Waals surface area (Å²) in [6, 6.07) is -0.0563. The Morgan fingerprint density at radius 1 is 1.40 bits per heavy atom. The van der Waals surface area contributed by atoms with Gasteiger partial charge in [0.25, 0.3) is 0 Å². The van der Waals surface area contributed by atoms with Crippen LogP contribution in [0.2, 0.25) is 0 Å². The summed E-state index contributed by atoms with van der Waals surface area (Å²) >= 11 is 0. The zero-order valence-corrected chi connectivity index (χ0v) is 9.14. The van der Waals surface area contributed by atoms with Crippen LogP contribution in [0.15, 0.2) is 0 Å². The molecule has 2 amide bonds. The molecule has 0 aromatic heterocycles. The molecule has 0 aliphatic carbocycles. The van der Waals surface area contributed by atoms with Crippen LogP contribution in [-0.2, 0) is 9.59 Å². The van der Waals surface area contributed by atoms with E-state index in [4.69, 9.17) is 0 Å². The Bertz CT molecular complexity index is 225. The first-order valence-electron chi connectivity index (χ1n) is 5.52. The van der Waals surface area contributed by atoms with E-state index < -0.39 is 0 Å². The molecule has 0 unspecified atom stereocenters. The Hall–Kier alpha value is -1.10. The van der Waals surface area contributed by atoms with Gasteiger partial charge in [0.05, 0.1) is 6.04 Å². The van der Waals surface area contributed by atoms with Crippen molar-refractivity contribution < 1.29 is 9.59 Å². The van der Waals surface area contributed by atoms with Gasteiger partial charge in [0.1, 0.15) is 0 Å². The van der Waals surface area contributed by atoms with Crippen molar-refractivity contribution in [2.75, 3.05) is 19.6 Å². The largest absolute Gasteiger partial charge is 0.356 e. The number of hydrogen-bond acceptors (Lipinski definition) is 3. The third-order valence-electron chi connectivity index (χ3n) is 2.40. The van der Waals surface area contributed by atoms with Gasteiger partial charge in [0.15, 0.2) is 0 Å². The molecular weight excluding hydrogens is 194 g/mol. The summed E-state index contributed by atoms with van der Waals surface area (Å²) in [5, 5.41) is 8.54. The molecule has 0 radical (unpaired) electrons. The molecule has 3 N–H and O–H groups in total. The fraction of sp³-hybridized carbons (Fsp3) is 0.800. The summed E-state index contributed by atoms with van der Waals surface area (Å²) in [6.07, 6.45) is 2.30. The maximum absolute atomic E-state index is 11.5. The standard InChI is InChI=1S/C10H19N3O2/c1-2-11-9(14)5-7-13-10(15)8-4-3-6-12-8/h8,12H,2-7H2,1H3,(H,11,14)(H,13,15)/t8-/m0/s1. The smallest absolute Gasteiger partial charge is 0.237 e. The van der Waals surface area contributed by atoms with Crippen LogP contribution in [-0.4, -0.2) is 37.5 Å². The molecule has 5 heteroatoms. The van der Waals surface area contributed by atoms with Gasteiger partial charge in [-0.1, -0.05) is 0 Å². The van der Waals surface area contributed by atoms with Crippen LogP contribution in [0.3, 0.4) is 0 Å². The van der Waals surface area contributed by atoms with Crippen molar-refractivity contribution in [3.05, 3.63) is 0 Å². The first-order valence-corrected chi connectivity index (χ1v) is 5.52. The molecule has 0 bridgehead atoms. The minimum absolute atomic E-state index is 0.0109. The predicted octanol–water partition coefficient (Wildman–Crippen LogP) is -0.619. The first-order chi connectivity index (χ1) is 7.24. The summed E-state index contributed by atoms with van der Waals surface area (Å²) in [6.45, 7) is 3.84. The summed E-state index contributed by atoms with van der Waals surface area (Å²) in [5.74, 6) is -0.00557. The van der Waals surface area contributed by atoms with Gasteiger partial charge in [-0.25, -0.2) is 0 Å². The van der Waals surface area contributed by atoms with Crippen LogP contribution in [0.25, 0.3) is 0 Å². The van der Waals surface area contributed by atoms with Gasteiger partial charge in [-0.2, -0.15) is 0 Å². The number of carbonyl (C=O) groups excluding carboxylic acids is 2. The zero-order chi connectivity index (χ0) is 11.1. The molecule has 1 fully saturated rings. The average molecular weight is 213 g/mol. The van der Waals surface area contributed by atoms with Crippen molar-refractivity contribution >= 4 is 11.8 Å². The first kappa shape index (κ1) is 12.0. The zero-order valence-electron chi connectivity index (χ0n) is 9.14. The van der Waals surface area contributed by atoms with Gasteiger partial charge >= 0.3 is 0 Å². The fourth-order valence-corrected chi connectivity index (χ4v) is 1.62. The highest BCUT2D eigenvalue weighted by Crippen LogP contribution is 2.04. The van der Waals surface area contributed by atoms with Gasteiger partial charge in [0, 0.05) is 19.5 Å². The van der Waals surface area contributed by atoms with Gasteiger partial charge in [-0.3, -0.25) is 9.59 Å². The highest BCUT2D eigenvalue weighted by atomic mass is 16.2. The quantitative estimate of drug-likeness (QED) is 0.570. The molecule has 0 spiro atoms. The number of carbonyl (C=O) groups is 2. The summed E-state index contributed by atoms with van der Waals surface area (Å²) in [7, 11) is 0. The number of rotatable bonds is 5. The van der Waals surface area contributed by atoms with Crippen LogP contribution in [0, 0.1) is 0 Å². The minimum Gasteiger partial charge on any atom is -0.356 e. The maximum Gasteiger partial charge on any atom is 0.237 e.